The first kappa shape index (κ1) is 28.5. The van der Waals surface area contributed by atoms with Gasteiger partial charge in [0.05, 0.1) is 0 Å². The molecule has 0 aromatic heterocycles. The quantitative estimate of drug-likeness (QED) is 0.385. The van der Waals surface area contributed by atoms with E-state index in [0.717, 1.165) is 0 Å². The summed E-state index contributed by atoms with van der Waals surface area (Å²) >= 11 is 0. The minimum Gasteiger partial charge on any atom is -0.0587 e. The minimum atomic E-state index is 0.232. The van der Waals surface area contributed by atoms with Crippen molar-refractivity contribution in [2.24, 2.45) is 0 Å². The number of benzene rings is 2. The van der Waals surface area contributed by atoms with E-state index in [1.165, 1.54) is 44.5 Å². The molecule has 180 valence electrons. The first-order valence-electron chi connectivity index (χ1n) is 12.3. The maximum Gasteiger partial charge on any atom is -0.0127 e. The van der Waals surface area contributed by atoms with Crippen molar-refractivity contribution in [3.05, 3.63) is 68.8 Å². The van der Waals surface area contributed by atoms with Gasteiger partial charge >= 0.3 is 0 Å². The van der Waals surface area contributed by atoms with Crippen LogP contribution in [0, 0.1) is 27.7 Å². The number of aryl methyl sites for hydroxylation is 2. The molecule has 0 aliphatic carbocycles. The van der Waals surface area contributed by atoms with Gasteiger partial charge in [-0.05, 0) is 93.9 Å². The lowest BCUT2D eigenvalue weighted by Gasteiger charge is -2.30. The fourth-order valence-electron chi connectivity index (χ4n) is 5.63. The highest BCUT2D eigenvalue weighted by molar-refractivity contribution is 5.47. The van der Waals surface area contributed by atoms with Crippen LogP contribution in [0.4, 0.5) is 0 Å². The van der Waals surface area contributed by atoms with E-state index in [1.54, 1.807) is 0 Å². The molecule has 2 rings (SSSR count). The van der Waals surface area contributed by atoms with Gasteiger partial charge in [0, 0.05) is 0 Å². The minimum absolute atomic E-state index is 0.232. The summed E-state index contributed by atoms with van der Waals surface area (Å²) in [6, 6.07) is 9.13. The van der Waals surface area contributed by atoms with Crippen molar-refractivity contribution < 1.29 is 0 Å². The molecular weight excluding hydrogens is 384 g/mol. The van der Waals surface area contributed by atoms with E-state index in [2.05, 4.69) is 135 Å². The van der Waals surface area contributed by atoms with Gasteiger partial charge in [-0.3, -0.25) is 0 Å². The zero-order chi connectivity index (χ0) is 25.4. The Bertz CT molecular complexity index is 847. The summed E-state index contributed by atoms with van der Waals surface area (Å²) in [5, 5.41) is 0. The van der Waals surface area contributed by atoms with Crippen LogP contribution in [0.2, 0.25) is 0 Å². The van der Waals surface area contributed by atoms with E-state index in [-0.39, 0.29) is 21.7 Å². The summed E-state index contributed by atoms with van der Waals surface area (Å²) < 4.78 is 0. The summed E-state index contributed by atoms with van der Waals surface area (Å²) in [7, 11) is 0. The Morgan fingerprint density at radius 3 is 0.812 bits per heavy atom. The molecule has 2 aromatic carbocycles. The van der Waals surface area contributed by atoms with Crippen LogP contribution < -0.4 is 0 Å². The second-order valence-electron chi connectivity index (χ2n) is 13.9. The van der Waals surface area contributed by atoms with Gasteiger partial charge in [0.2, 0.25) is 0 Å². The molecule has 2 aromatic rings. The van der Waals surface area contributed by atoms with Crippen molar-refractivity contribution in [3.8, 4) is 0 Å². The van der Waals surface area contributed by atoms with Gasteiger partial charge in [-0.25, -0.2) is 0 Å². The predicted molar refractivity (Wildman–Crippen MR) is 147 cm³/mol. The lowest BCUT2D eigenvalue weighted by molar-refractivity contribution is 0.557. The molecule has 0 spiro atoms. The molecule has 0 fully saturated rings. The molecule has 0 nitrogen and oxygen atoms in total. The molecule has 0 atom stereocenters. The van der Waals surface area contributed by atoms with Gasteiger partial charge in [-0.2, -0.15) is 0 Å². The van der Waals surface area contributed by atoms with Crippen LogP contribution in [-0.2, 0) is 21.7 Å². The van der Waals surface area contributed by atoms with Crippen LogP contribution in [-0.4, -0.2) is 0 Å². The van der Waals surface area contributed by atoms with Gasteiger partial charge in [0.1, 0.15) is 0 Å². The number of hydrogen-bond acceptors (Lipinski definition) is 0. The topological polar surface area (TPSA) is 0 Å². The van der Waals surface area contributed by atoms with Crippen molar-refractivity contribution >= 4 is 0 Å². The molecule has 0 N–H and O–H groups in total. The van der Waals surface area contributed by atoms with E-state index in [0.29, 0.717) is 0 Å². The summed E-state index contributed by atoms with van der Waals surface area (Å²) in [6.45, 7) is 36.5. The third-order valence-corrected chi connectivity index (χ3v) is 6.46. The van der Waals surface area contributed by atoms with Crippen LogP contribution in [0.1, 0.15) is 128 Å². The number of rotatable bonds is 0. The standard InChI is InChI=1S/2C16H26/c2*1-11-9-10-13(15(3,4)5)12(2)14(11)16(6,7)8/h2*9-10H,1-8H3. The Morgan fingerprint density at radius 2 is 0.625 bits per heavy atom. The molecular formula is C32H52. The van der Waals surface area contributed by atoms with Crippen molar-refractivity contribution in [3.63, 3.8) is 0 Å². The van der Waals surface area contributed by atoms with Crippen molar-refractivity contribution in [1.29, 1.82) is 0 Å². The summed E-state index contributed by atoms with van der Waals surface area (Å²) in [5.41, 5.74) is 12.7. The predicted octanol–water partition coefficient (Wildman–Crippen LogP) is 9.80. The molecule has 0 saturated carbocycles. The highest BCUT2D eigenvalue weighted by atomic mass is 14.3. The lowest BCUT2D eigenvalue weighted by Crippen LogP contribution is -2.20. The fourth-order valence-corrected chi connectivity index (χ4v) is 5.63. The Hall–Kier alpha value is -1.56. The third kappa shape index (κ3) is 6.72. The van der Waals surface area contributed by atoms with Gasteiger partial charge in [-0.15, -0.1) is 0 Å². The van der Waals surface area contributed by atoms with Crippen molar-refractivity contribution in [2.75, 3.05) is 0 Å². The summed E-state index contributed by atoms with van der Waals surface area (Å²) in [4.78, 5) is 0. The zero-order valence-corrected chi connectivity index (χ0v) is 24.3. The molecule has 0 aliphatic heterocycles. The first-order valence-corrected chi connectivity index (χ1v) is 12.3. The molecule has 0 unspecified atom stereocenters. The molecule has 0 radical (unpaired) electrons. The molecule has 0 aliphatic rings. The van der Waals surface area contributed by atoms with Gasteiger partial charge in [0.25, 0.3) is 0 Å². The second kappa shape index (κ2) is 9.36. The largest absolute Gasteiger partial charge is 0.0587 e. The molecule has 0 heterocycles. The number of hydrogen-bond donors (Lipinski definition) is 0. The van der Waals surface area contributed by atoms with Crippen molar-refractivity contribution in [2.45, 2.75) is 132 Å². The summed E-state index contributed by atoms with van der Waals surface area (Å²) in [5.74, 6) is 0. The normalized spacial score (nSPS) is 13.0. The van der Waals surface area contributed by atoms with Crippen LogP contribution in [0.25, 0.3) is 0 Å². The Balaban J connectivity index is 0.000000320. The Kier molecular flexibility index (Phi) is 8.33. The average molecular weight is 437 g/mol. The molecule has 0 heteroatoms. The van der Waals surface area contributed by atoms with Crippen LogP contribution >= 0.6 is 0 Å². The second-order valence-corrected chi connectivity index (χ2v) is 13.9. The molecule has 0 bridgehead atoms. The highest BCUT2D eigenvalue weighted by Gasteiger charge is 2.25. The van der Waals surface area contributed by atoms with Crippen molar-refractivity contribution in [1.82, 2.24) is 0 Å². The SMILES string of the molecule is Cc1ccc(C(C)(C)C)c(C)c1C(C)(C)C.Cc1ccc(C(C)(C)C)c(C)c1C(C)(C)C. The van der Waals surface area contributed by atoms with E-state index in [4.69, 9.17) is 0 Å². The molecule has 0 saturated heterocycles. The monoisotopic (exact) mass is 436 g/mol. The maximum absolute atomic E-state index is 2.30. The maximum atomic E-state index is 2.30. The van der Waals surface area contributed by atoms with E-state index < -0.39 is 0 Å². The molecule has 32 heavy (non-hydrogen) atoms. The fraction of sp³-hybridized carbons (Fsp3) is 0.625. The van der Waals surface area contributed by atoms with Gasteiger partial charge in [0.15, 0.2) is 0 Å². The average Bonchev–Trinajstić information content (AvgIpc) is 2.50. The van der Waals surface area contributed by atoms with E-state index in [1.807, 2.05) is 0 Å². The zero-order valence-electron chi connectivity index (χ0n) is 24.3. The Labute approximate surface area is 201 Å². The smallest absolute Gasteiger partial charge is 0.0127 e. The molecule has 0 amide bonds. The van der Waals surface area contributed by atoms with Gasteiger partial charge in [-0.1, -0.05) is 107 Å². The first-order chi connectivity index (χ1) is 14.1. The van der Waals surface area contributed by atoms with Crippen LogP contribution in [0.5, 0.6) is 0 Å². The van der Waals surface area contributed by atoms with Crippen LogP contribution in [0.3, 0.4) is 0 Å². The highest BCUT2D eigenvalue weighted by Crippen LogP contribution is 2.36. The Morgan fingerprint density at radius 1 is 0.375 bits per heavy atom. The lowest BCUT2D eigenvalue weighted by atomic mass is 9.75. The summed E-state index contributed by atoms with van der Waals surface area (Å²) in [6.07, 6.45) is 0. The van der Waals surface area contributed by atoms with Gasteiger partial charge < -0.3 is 0 Å². The van der Waals surface area contributed by atoms with E-state index >= 15 is 0 Å². The van der Waals surface area contributed by atoms with Crippen LogP contribution in [0.15, 0.2) is 24.3 Å². The van der Waals surface area contributed by atoms with E-state index in [9.17, 15) is 0 Å². The third-order valence-electron chi connectivity index (χ3n) is 6.46.